The van der Waals surface area contributed by atoms with Gasteiger partial charge in [-0.15, -0.1) is 11.8 Å². The molecule has 90 valence electrons. The molecule has 0 fully saturated rings. The van der Waals surface area contributed by atoms with Crippen LogP contribution in [0.3, 0.4) is 0 Å². The zero-order chi connectivity index (χ0) is 12.1. The van der Waals surface area contributed by atoms with Crippen molar-refractivity contribution in [1.82, 2.24) is 0 Å². The van der Waals surface area contributed by atoms with Crippen molar-refractivity contribution in [1.29, 1.82) is 0 Å². The van der Waals surface area contributed by atoms with Crippen LogP contribution in [0.15, 0.2) is 18.2 Å². The molecule has 0 radical (unpaired) electrons. The second-order valence-electron chi connectivity index (χ2n) is 4.35. The summed E-state index contributed by atoms with van der Waals surface area (Å²) in [6.07, 6.45) is 4.10. The van der Waals surface area contributed by atoms with Gasteiger partial charge in [-0.2, -0.15) is 0 Å². The quantitative estimate of drug-likeness (QED) is 0.639. The highest BCUT2D eigenvalue weighted by atomic mass is 16.5. The smallest absolute Gasteiger partial charge is 0.122 e. The van der Waals surface area contributed by atoms with E-state index in [4.69, 9.17) is 10.5 Å². The van der Waals surface area contributed by atoms with Crippen LogP contribution >= 0.6 is 0 Å². The predicted molar refractivity (Wildman–Crippen MR) is 69.9 cm³/mol. The molecule has 1 aliphatic carbocycles. The summed E-state index contributed by atoms with van der Waals surface area (Å²) in [6.45, 7) is 2.51. The monoisotopic (exact) mass is 229 g/mol. The second kappa shape index (κ2) is 5.75. The molecule has 0 aliphatic heterocycles. The van der Waals surface area contributed by atoms with Gasteiger partial charge in [0.15, 0.2) is 0 Å². The molecule has 2 heteroatoms. The van der Waals surface area contributed by atoms with Gasteiger partial charge in [0.25, 0.3) is 0 Å². The number of hydrogen-bond donors (Lipinski definition) is 1. The Morgan fingerprint density at radius 3 is 3.18 bits per heavy atom. The molecule has 0 saturated heterocycles. The first-order valence-corrected chi connectivity index (χ1v) is 6.22. The fourth-order valence-corrected chi connectivity index (χ4v) is 2.32. The first-order chi connectivity index (χ1) is 8.33. The molecule has 0 bridgehead atoms. The molecule has 0 amide bonds. The van der Waals surface area contributed by atoms with Gasteiger partial charge in [-0.3, -0.25) is 0 Å². The summed E-state index contributed by atoms with van der Waals surface area (Å²) in [5, 5.41) is 0. The van der Waals surface area contributed by atoms with Crippen molar-refractivity contribution in [2.75, 3.05) is 6.61 Å². The van der Waals surface area contributed by atoms with Gasteiger partial charge >= 0.3 is 0 Å². The van der Waals surface area contributed by atoms with E-state index in [9.17, 15) is 0 Å². The lowest BCUT2D eigenvalue weighted by atomic mass is 9.87. The molecule has 1 aliphatic rings. The molecule has 2 rings (SSSR count). The molecular weight excluding hydrogens is 210 g/mol. The van der Waals surface area contributed by atoms with Crippen molar-refractivity contribution in [3.05, 3.63) is 29.3 Å². The largest absolute Gasteiger partial charge is 0.492 e. The Bertz CT molecular complexity index is 442. The average Bonchev–Trinajstić information content (AvgIpc) is 2.36. The topological polar surface area (TPSA) is 35.2 Å². The zero-order valence-electron chi connectivity index (χ0n) is 10.3. The summed E-state index contributed by atoms with van der Waals surface area (Å²) < 4.78 is 5.80. The van der Waals surface area contributed by atoms with Crippen molar-refractivity contribution in [2.45, 2.75) is 38.6 Å². The molecule has 1 aromatic carbocycles. The molecule has 1 atom stereocenters. The zero-order valence-corrected chi connectivity index (χ0v) is 10.3. The minimum atomic E-state index is 0.178. The second-order valence-corrected chi connectivity index (χ2v) is 4.35. The van der Waals surface area contributed by atoms with Crippen LogP contribution in [0.5, 0.6) is 5.75 Å². The van der Waals surface area contributed by atoms with Crippen LogP contribution in [0, 0.1) is 11.8 Å². The summed E-state index contributed by atoms with van der Waals surface area (Å²) in [7, 11) is 0. The molecule has 2 nitrogen and oxygen atoms in total. The molecule has 0 heterocycles. The first kappa shape index (κ1) is 12.0. The molecule has 0 saturated carbocycles. The Kier molecular flexibility index (Phi) is 4.06. The van der Waals surface area contributed by atoms with Crippen LogP contribution in [-0.4, -0.2) is 6.61 Å². The van der Waals surface area contributed by atoms with Crippen LogP contribution < -0.4 is 10.5 Å². The lowest BCUT2D eigenvalue weighted by Gasteiger charge is -2.24. The predicted octanol–water partition coefficient (Wildman–Crippen LogP) is 2.81. The first-order valence-electron chi connectivity index (χ1n) is 6.22. The van der Waals surface area contributed by atoms with Gasteiger partial charge in [0.2, 0.25) is 0 Å². The maximum atomic E-state index is 6.11. The van der Waals surface area contributed by atoms with Crippen molar-refractivity contribution < 1.29 is 4.74 Å². The number of benzene rings is 1. The maximum absolute atomic E-state index is 6.11. The molecule has 0 aromatic heterocycles. The van der Waals surface area contributed by atoms with Gasteiger partial charge < -0.3 is 10.5 Å². The van der Waals surface area contributed by atoms with Gasteiger partial charge in [0, 0.05) is 12.5 Å². The summed E-state index contributed by atoms with van der Waals surface area (Å²) in [5.74, 6) is 6.88. The highest BCUT2D eigenvalue weighted by molar-refractivity contribution is 5.43. The Hall–Kier alpha value is -1.46. The van der Waals surface area contributed by atoms with E-state index in [0.717, 1.165) is 31.4 Å². The number of ether oxygens (including phenoxy) is 1. The minimum absolute atomic E-state index is 0.178. The van der Waals surface area contributed by atoms with Gasteiger partial charge in [0.05, 0.1) is 6.61 Å². The molecule has 1 aromatic rings. The van der Waals surface area contributed by atoms with E-state index >= 15 is 0 Å². The summed E-state index contributed by atoms with van der Waals surface area (Å²) >= 11 is 0. The van der Waals surface area contributed by atoms with Crippen LogP contribution in [0.1, 0.15) is 43.4 Å². The maximum Gasteiger partial charge on any atom is 0.122 e. The van der Waals surface area contributed by atoms with E-state index in [-0.39, 0.29) is 6.04 Å². The minimum Gasteiger partial charge on any atom is -0.492 e. The van der Waals surface area contributed by atoms with Crippen molar-refractivity contribution >= 4 is 0 Å². The lowest BCUT2D eigenvalue weighted by molar-refractivity contribution is 0.321. The summed E-state index contributed by atoms with van der Waals surface area (Å²) in [4.78, 5) is 0. The van der Waals surface area contributed by atoms with E-state index in [1.807, 2.05) is 19.1 Å². The van der Waals surface area contributed by atoms with Crippen molar-refractivity contribution in [2.24, 2.45) is 5.73 Å². The Morgan fingerprint density at radius 2 is 2.35 bits per heavy atom. The number of fused-ring (bicyclic) bond motifs is 1. The Morgan fingerprint density at radius 1 is 1.47 bits per heavy atom. The standard InChI is InChI=1S/C15H19NO/c1-2-3-4-11-17-15-10-6-7-12-13(15)8-5-9-14(12)16/h6-7,10,14H,4-5,8-9,11,16H2,1H3. The van der Waals surface area contributed by atoms with Crippen LogP contribution in [0.2, 0.25) is 0 Å². The van der Waals surface area contributed by atoms with E-state index in [0.29, 0.717) is 6.61 Å². The average molecular weight is 229 g/mol. The van der Waals surface area contributed by atoms with E-state index in [2.05, 4.69) is 17.9 Å². The highest BCUT2D eigenvalue weighted by Gasteiger charge is 2.19. The van der Waals surface area contributed by atoms with Gasteiger partial charge in [-0.1, -0.05) is 12.1 Å². The third kappa shape index (κ3) is 2.81. The Labute approximate surface area is 103 Å². The highest BCUT2D eigenvalue weighted by Crippen LogP contribution is 2.33. The van der Waals surface area contributed by atoms with Gasteiger partial charge in [-0.05, 0) is 43.4 Å². The summed E-state index contributed by atoms with van der Waals surface area (Å²) in [6, 6.07) is 6.37. The van der Waals surface area contributed by atoms with Gasteiger partial charge in [-0.25, -0.2) is 0 Å². The lowest BCUT2D eigenvalue weighted by Crippen LogP contribution is -2.18. The SMILES string of the molecule is CC#CCCOc1cccc2c1CCCC2N. The normalized spacial score (nSPS) is 17.9. The molecular formula is C15H19NO. The Balaban J connectivity index is 2.11. The van der Waals surface area contributed by atoms with Crippen molar-refractivity contribution in [3.8, 4) is 17.6 Å². The van der Waals surface area contributed by atoms with E-state index in [1.165, 1.54) is 11.1 Å². The van der Waals surface area contributed by atoms with Crippen molar-refractivity contribution in [3.63, 3.8) is 0 Å². The third-order valence-electron chi connectivity index (χ3n) is 3.17. The molecule has 0 spiro atoms. The number of hydrogen-bond acceptors (Lipinski definition) is 2. The molecule has 17 heavy (non-hydrogen) atoms. The van der Waals surface area contributed by atoms with Crippen LogP contribution in [-0.2, 0) is 6.42 Å². The number of rotatable bonds is 3. The fraction of sp³-hybridized carbons (Fsp3) is 0.467. The molecule has 2 N–H and O–H groups in total. The summed E-state index contributed by atoms with van der Waals surface area (Å²) in [5.41, 5.74) is 8.67. The third-order valence-corrected chi connectivity index (χ3v) is 3.17. The van der Waals surface area contributed by atoms with Crippen LogP contribution in [0.25, 0.3) is 0 Å². The van der Waals surface area contributed by atoms with E-state index < -0.39 is 0 Å². The fourth-order valence-electron chi connectivity index (χ4n) is 2.32. The molecule has 1 unspecified atom stereocenters. The number of nitrogens with two attached hydrogens (primary N) is 1. The van der Waals surface area contributed by atoms with Gasteiger partial charge in [0.1, 0.15) is 5.75 Å². The van der Waals surface area contributed by atoms with Crippen LogP contribution in [0.4, 0.5) is 0 Å². The van der Waals surface area contributed by atoms with E-state index in [1.54, 1.807) is 0 Å².